The minimum Gasteiger partial charge on any atom is -0.401 e. The highest BCUT2D eigenvalue weighted by Crippen LogP contribution is 2.25. The number of benzene rings is 1. The van der Waals surface area contributed by atoms with Gasteiger partial charge >= 0.3 is 0 Å². The molecule has 3 rings (SSSR count). The lowest BCUT2D eigenvalue weighted by molar-refractivity contribution is 0.806. The Morgan fingerprint density at radius 3 is 3.08 bits per heavy atom. The molecular weight excluding hydrogens is 160 g/mol. The minimum atomic E-state index is 0.820. The van der Waals surface area contributed by atoms with Crippen molar-refractivity contribution in [2.75, 3.05) is 0 Å². The van der Waals surface area contributed by atoms with E-state index in [1.807, 2.05) is 0 Å². The van der Waals surface area contributed by atoms with Crippen LogP contribution in [0.25, 0.3) is 17.0 Å². The molecule has 2 nitrogen and oxygen atoms in total. The highest BCUT2D eigenvalue weighted by molar-refractivity contribution is 5.90. The summed E-state index contributed by atoms with van der Waals surface area (Å²) in [7, 11) is 0. The summed E-state index contributed by atoms with van der Waals surface area (Å²) >= 11 is 0. The maximum absolute atomic E-state index is 5.82. The van der Waals surface area contributed by atoms with Crippen LogP contribution in [0.5, 0.6) is 0 Å². The van der Waals surface area contributed by atoms with Gasteiger partial charge in [0.15, 0.2) is 0 Å². The highest BCUT2D eigenvalue weighted by atomic mass is 15.0. The lowest BCUT2D eigenvalue weighted by Gasteiger charge is -2.13. The third-order valence-corrected chi connectivity index (χ3v) is 2.51. The summed E-state index contributed by atoms with van der Waals surface area (Å²) in [5.41, 5.74) is 9.28. The van der Waals surface area contributed by atoms with Gasteiger partial charge in [0.25, 0.3) is 0 Å². The zero-order chi connectivity index (χ0) is 8.84. The topological polar surface area (TPSA) is 30.9 Å². The number of rotatable bonds is 0. The van der Waals surface area contributed by atoms with Crippen molar-refractivity contribution in [3.05, 3.63) is 41.7 Å². The lowest BCUT2D eigenvalue weighted by atomic mass is 10.1. The lowest BCUT2D eigenvalue weighted by Crippen LogP contribution is -2.11. The smallest absolute Gasteiger partial charge is 0.0621 e. The average molecular weight is 170 g/mol. The summed E-state index contributed by atoms with van der Waals surface area (Å²) in [5, 5.41) is 1.29. The van der Waals surface area contributed by atoms with Crippen molar-refractivity contribution < 1.29 is 0 Å². The molecular formula is C11H10N2. The molecule has 2 aromatic rings. The molecule has 1 aliphatic rings. The van der Waals surface area contributed by atoms with E-state index in [4.69, 9.17) is 5.73 Å². The van der Waals surface area contributed by atoms with Gasteiger partial charge < -0.3 is 10.3 Å². The van der Waals surface area contributed by atoms with Crippen LogP contribution in [0, 0.1) is 0 Å². The van der Waals surface area contributed by atoms with Crippen molar-refractivity contribution in [1.29, 1.82) is 0 Å². The van der Waals surface area contributed by atoms with Gasteiger partial charge in [-0.25, -0.2) is 0 Å². The number of hydrogen-bond acceptors (Lipinski definition) is 1. The van der Waals surface area contributed by atoms with Crippen LogP contribution in [0.2, 0.25) is 0 Å². The molecule has 1 aromatic heterocycles. The van der Waals surface area contributed by atoms with Gasteiger partial charge in [-0.3, -0.25) is 0 Å². The zero-order valence-corrected chi connectivity index (χ0v) is 7.20. The second-order valence-corrected chi connectivity index (χ2v) is 3.45. The molecule has 0 saturated carbocycles. The second-order valence-electron chi connectivity index (χ2n) is 3.45. The quantitative estimate of drug-likeness (QED) is 0.643. The molecule has 0 aliphatic carbocycles. The fourth-order valence-corrected chi connectivity index (χ4v) is 1.98. The van der Waals surface area contributed by atoms with Gasteiger partial charge in [0.1, 0.15) is 0 Å². The van der Waals surface area contributed by atoms with Gasteiger partial charge in [0, 0.05) is 22.8 Å². The molecule has 0 fully saturated rings. The van der Waals surface area contributed by atoms with Crippen molar-refractivity contribution in [3.63, 3.8) is 0 Å². The molecule has 0 amide bonds. The first-order chi connectivity index (χ1) is 6.34. The van der Waals surface area contributed by atoms with Crippen molar-refractivity contribution in [2.24, 2.45) is 5.73 Å². The molecule has 2 N–H and O–H groups in total. The number of hydrogen-bond donors (Lipinski definition) is 1. The predicted molar refractivity (Wildman–Crippen MR) is 54.1 cm³/mol. The van der Waals surface area contributed by atoms with Gasteiger partial charge in [-0.05, 0) is 12.1 Å². The highest BCUT2D eigenvalue weighted by Gasteiger charge is 2.09. The van der Waals surface area contributed by atoms with Crippen LogP contribution < -0.4 is 5.73 Å². The molecule has 0 atom stereocenters. The molecule has 1 aromatic carbocycles. The van der Waals surface area contributed by atoms with Gasteiger partial charge in [-0.2, -0.15) is 0 Å². The van der Waals surface area contributed by atoms with E-state index in [-0.39, 0.29) is 0 Å². The van der Waals surface area contributed by atoms with Crippen LogP contribution in [-0.4, -0.2) is 4.57 Å². The van der Waals surface area contributed by atoms with Crippen molar-refractivity contribution >= 4 is 17.0 Å². The third kappa shape index (κ3) is 0.827. The Bertz CT molecular complexity index is 506. The van der Waals surface area contributed by atoms with E-state index < -0.39 is 0 Å². The summed E-state index contributed by atoms with van der Waals surface area (Å²) in [6, 6.07) is 8.43. The fraction of sp³-hybridized carbons (Fsp3) is 0.0909. The Balaban J connectivity index is 2.49. The normalized spacial score (nSPS) is 14.6. The van der Waals surface area contributed by atoms with E-state index >= 15 is 0 Å². The Labute approximate surface area is 76.3 Å². The van der Waals surface area contributed by atoms with Gasteiger partial charge in [0.2, 0.25) is 0 Å². The second kappa shape index (κ2) is 2.16. The first-order valence-electron chi connectivity index (χ1n) is 4.38. The number of allylic oxidation sites excluding steroid dienone is 1. The molecule has 0 unspecified atom stereocenters. The Morgan fingerprint density at radius 2 is 2.15 bits per heavy atom. The summed E-state index contributed by atoms with van der Waals surface area (Å²) < 4.78 is 2.19. The average Bonchev–Trinajstić information content (AvgIpc) is 2.50. The third-order valence-electron chi connectivity index (χ3n) is 2.51. The fourth-order valence-electron chi connectivity index (χ4n) is 1.98. The van der Waals surface area contributed by atoms with Crippen molar-refractivity contribution in [3.8, 4) is 0 Å². The van der Waals surface area contributed by atoms with Gasteiger partial charge in [-0.1, -0.05) is 18.2 Å². The van der Waals surface area contributed by atoms with Crippen LogP contribution in [-0.2, 0) is 6.54 Å². The molecule has 0 radical (unpaired) electrons. The first kappa shape index (κ1) is 6.78. The SMILES string of the molecule is NC1=Cc2cccc3ccn(c23)C1. The molecule has 2 heterocycles. The van der Waals surface area contributed by atoms with Crippen LogP contribution in [0.15, 0.2) is 36.2 Å². The Kier molecular flexibility index (Phi) is 1.13. The number of nitrogens with two attached hydrogens (primary N) is 1. The van der Waals surface area contributed by atoms with E-state index in [1.54, 1.807) is 0 Å². The standard InChI is InChI=1S/C11H10N2/c12-10-6-9-3-1-2-8-4-5-13(7-10)11(8)9/h1-6H,7,12H2. The first-order valence-corrected chi connectivity index (χ1v) is 4.38. The molecule has 13 heavy (non-hydrogen) atoms. The summed E-state index contributed by atoms with van der Waals surface area (Å²) in [6.45, 7) is 0.820. The maximum Gasteiger partial charge on any atom is 0.0621 e. The molecule has 1 aliphatic heterocycles. The maximum atomic E-state index is 5.82. The van der Waals surface area contributed by atoms with Gasteiger partial charge in [0.05, 0.1) is 12.1 Å². The van der Waals surface area contributed by atoms with Crippen LogP contribution in [0.4, 0.5) is 0 Å². The largest absolute Gasteiger partial charge is 0.401 e. The van der Waals surface area contributed by atoms with Gasteiger partial charge in [-0.15, -0.1) is 0 Å². The molecule has 0 spiro atoms. The Morgan fingerprint density at radius 1 is 1.23 bits per heavy atom. The molecule has 0 bridgehead atoms. The summed E-state index contributed by atoms with van der Waals surface area (Å²) in [4.78, 5) is 0. The summed E-state index contributed by atoms with van der Waals surface area (Å²) in [6.07, 6.45) is 4.15. The number of nitrogens with zero attached hydrogens (tertiary/aromatic N) is 1. The number of aromatic nitrogens is 1. The van der Waals surface area contributed by atoms with Crippen LogP contribution in [0.3, 0.4) is 0 Å². The number of para-hydroxylation sites is 1. The van der Waals surface area contributed by atoms with E-state index in [9.17, 15) is 0 Å². The molecule has 0 saturated heterocycles. The zero-order valence-electron chi connectivity index (χ0n) is 7.20. The summed E-state index contributed by atoms with van der Waals surface area (Å²) in [5.74, 6) is 0. The monoisotopic (exact) mass is 170 g/mol. The Hall–Kier alpha value is -1.70. The van der Waals surface area contributed by atoms with Crippen molar-refractivity contribution in [1.82, 2.24) is 4.57 Å². The van der Waals surface area contributed by atoms with E-state index in [2.05, 4.69) is 41.1 Å². The van der Waals surface area contributed by atoms with Crippen LogP contribution in [0.1, 0.15) is 5.56 Å². The predicted octanol–water partition coefficient (Wildman–Crippen LogP) is 1.95. The van der Waals surface area contributed by atoms with Crippen LogP contribution >= 0.6 is 0 Å². The van der Waals surface area contributed by atoms with E-state index in [0.717, 1.165) is 12.2 Å². The van der Waals surface area contributed by atoms with E-state index in [1.165, 1.54) is 16.5 Å². The molecule has 64 valence electrons. The minimum absolute atomic E-state index is 0.820. The van der Waals surface area contributed by atoms with Crippen molar-refractivity contribution in [2.45, 2.75) is 6.54 Å². The van der Waals surface area contributed by atoms with E-state index in [0.29, 0.717) is 0 Å². The molecule has 2 heteroatoms.